The molecule has 2 N–H and O–H groups in total. The third-order valence-corrected chi connectivity index (χ3v) is 4.60. The predicted octanol–water partition coefficient (Wildman–Crippen LogP) is -1.75. The van der Waals surface area contributed by atoms with Crippen LogP contribution in [0.4, 0.5) is 0 Å². The molecule has 19 heavy (non-hydrogen) atoms. The second-order valence-corrected chi connectivity index (χ2v) is 6.56. The molecular formula is C15H25N3O+2. The topological polar surface area (TPSA) is 41.9 Å². The van der Waals surface area contributed by atoms with E-state index in [-0.39, 0.29) is 11.1 Å². The number of terminal acetylenes is 1. The Kier molecular flexibility index (Phi) is 4.16. The molecule has 4 nitrogen and oxygen atoms in total. The molecule has 2 aliphatic heterocycles. The normalized spacial score (nSPS) is 37.5. The van der Waals surface area contributed by atoms with Crippen molar-refractivity contribution in [1.82, 2.24) is 0 Å². The minimum Gasteiger partial charge on any atom is -0.375 e. The maximum atomic E-state index is 8.94. The van der Waals surface area contributed by atoms with Gasteiger partial charge in [-0.15, -0.1) is 6.42 Å². The number of nitrogens with one attached hydrogen (secondary N) is 2. The zero-order valence-corrected chi connectivity index (χ0v) is 12.1. The van der Waals surface area contributed by atoms with Crippen molar-refractivity contribution in [1.29, 1.82) is 5.26 Å². The number of hydrogen-bond acceptors (Lipinski definition) is 2. The zero-order valence-electron chi connectivity index (χ0n) is 12.1. The van der Waals surface area contributed by atoms with Gasteiger partial charge in [-0.25, -0.2) is 0 Å². The molecule has 0 bridgehead atoms. The largest absolute Gasteiger partial charge is 0.375 e. The van der Waals surface area contributed by atoms with Gasteiger partial charge < -0.3 is 14.5 Å². The molecule has 2 unspecified atom stereocenters. The average Bonchev–Trinajstić information content (AvgIpc) is 2.32. The first-order valence-corrected chi connectivity index (χ1v) is 7.14. The SMILES string of the molecule is C#CC[NH+]1CC[NH+](CC#N)C[C@@]12CCOC(C)(C)C2. The van der Waals surface area contributed by atoms with E-state index in [1.807, 2.05) is 0 Å². The van der Waals surface area contributed by atoms with Crippen molar-refractivity contribution < 1.29 is 14.5 Å². The lowest BCUT2D eigenvalue weighted by Crippen LogP contribution is -3.34. The summed E-state index contributed by atoms with van der Waals surface area (Å²) in [5.74, 6) is 2.83. The Bertz CT molecular complexity index is 407. The van der Waals surface area contributed by atoms with Crippen molar-refractivity contribution in [2.24, 2.45) is 0 Å². The van der Waals surface area contributed by atoms with Crippen molar-refractivity contribution in [2.45, 2.75) is 37.8 Å². The van der Waals surface area contributed by atoms with E-state index in [9.17, 15) is 0 Å². The number of hydrogen-bond donors (Lipinski definition) is 2. The molecule has 2 rings (SSSR count). The first-order valence-electron chi connectivity index (χ1n) is 7.14. The molecule has 0 aromatic heterocycles. The second kappa shape index (κ2) is 5.51. The van der Waals surface area contributed by atoms with Crippen molar-refractivity contribution in [3.05, 3.63) is 0 Å². The van der Waals surface area contributed by atoms with Crippen LogP contribution < -0.4 is 9.80 Å². The molecule has 1 spiro atoms. The highest BCUT2D eigenvalue weighted by atomic mass is 16.5. The van der Waals surface area contributed by atoms with E-state index < -0.39 is 0 Å². The van der Waals surface area contributed by atoms with E-state index in [0.717, 1.165) is 45.6 Å². The number of rotatable bonds is 2. The Morgan fingerprint density at radius 3 is 2.74 bits per heavy atom. The number of quaternary nitrogens is 2. The van der Waals surface area contributed by atoms with Crippen LogP contribution in [0.15, 0.2) is 0 Å². The fourth-order valence-electron chi connectivity index (χ4n) is 3.88. The lowest BCUT2D eigenvalue weighted by molar-refractivity contribution is -1.05. The predicted molar refractivity (Wildman–Crippen MR) is 72.7 cm³/mol. The van der Waals surface area contributed by atoms with E-state index in [2.05, 4.69) is 25.8 Å². The fraction of sp³-hybridized carbons (Fsp3) is 0.800. The van der Waals surface area contributed by atoms with Crippen LogP contribution >= 0.6 is 0 Å². The summed E-state index contributed by atoms with van der Waals surface area (Å²) in [5.41, 5.74) is 0.117. The molecule has 0 amide bonds. The first kappa shape index (κ1) is 14.3. The van der Waals surface area contributed by atoms with Crippen LogP contribution in [0.3, 0.4) is 0 Å². The van der Waals surface area contributed by atoms with Gasteiger partial charge in [0.25, 0.3) is 0 Å². The summed E-state index contributed by atoms with van der Waals surface area (Å²) in [6, 6.07) is 2.31. The van der Waals surface area contributed by atoms with Crippen LogP contribution in [0.5, 0.6) is 0 Å². The quantitative estimate of drug-likeness (QED) is 0.458. The summed E-state index contributed by atoms with van der Waals surface area (Å²) in [4.78, 5) is 2.93. The highest BCUT2D eigenvalue weighted by molar-refractivity contribution is 4.94. The molecule has 0 radical (unpaired) electrons. The third kappa shape index (κ3) is 3.09. The molecule has 2 saturated heterocycles. The minimum atomic E-state index is -0.0762. The summed E-state index contributed by atoms with van der Waals surface area (Å²) < 4.78 is 5.88. The van der Waals surface area contributed by atoms with Gasteiger partial charge in [0.2, 0.25) is 0 Å². The van der Waals surface area contributed by atoms with Crippen LogP contribution in [0.25, 0.3) is 0 Å². The van der Waals surface area contributed by atoms with Gasteiger partial charge in [-0.05, 0) is 19.8 Å². The fourth-order valence-corrected chi connectivity index (χ4v) is 3.88. The first-order chi connectivity index (χ1) is 9.01. The Morgan fingerprint density at radius 2 is 2.11 bits per heavy atom. The van der Waals surface area contributed by atoms with E-state index in [1.54, 1.807) is 0 Å². The summed E-state index contributed by atoms with van der Waals surface area (Å²) in [7, 11) is 0. The molecule has 0 aliphatic carbocycles. The standard InChI is InChI=1S/C15H23N3O/c1-4-7-18-10-9-17(8-6-16)13-15(18)5-11-19-14(2,3)12-15/h1H,5,7-13H2,2-3H3/p+2/t15-/m0/s1. The van der Waals surface area contributed by atoms with Gasteiger partial charge in [-0.2, -0.15) is 5.26 Å². The van der Waals surface area contributed by atoms with Crippen LogP contribution in [0.1, 0.15) is 26.7 Å². The van der Waals surface area contributed by atoms with Crippen molar-refractivity contribution in [3.8, 4) is 18.4 Å². The molecule has 2 heterocycles. The van der Waals surface area contributed by atoms with Crippen molar-refractivity contribution in [3.63, 3.8) is 0 Å². The third-order valence-electron chi connectivity index (χ3n) is 4.60. The molecule has 4 heteroatoms. The smallest absolute Gasteiger partial charge is 0.165 e. The van der Waals surface area contributed by atoms with E-state index in [0.29, 0.717) is 6.54 Å². The summed E-state index contributed by atoms with van der Waals surface area (Å²) in [6.07, 6.45) is 7.64. The minimum absolute atomic E-state index is 0.0762. The summed E-state index contributed by atoms with van der Waals surface area (Å²) in [6.45, 7) is 9.69. The number of nitrogens with zero attached hydrogens (tertiary/aromatic N) is 1. The Balaban J connectivity index is 2.19. The number of piperazine rings is 1. The van der Waals surface area contributed by atoms with Crippen LogP contribution in [-0.4, -0.2) is 50.5 Å². The number of ether oxygens (including phenoxy) is 1. The van der Waals surface area contributed by atoms with E-state index in [1.165, 1.54) is 9.80 Å². The molecule has 0 aromatic carbocycles. The van der Waals surface area contributed by atoms with Gasteiger partial charge in [0.15, 0.2) is 12.1 Å². The maximum Gasteiger partial charge on any atom is 0.165 e. The number of nitriles is 1. The summed E-state index contributed by atoms with van der Waals surface area (Å²) in [5, 5.41) is 8.94. The highest BCUT2D eigenvalue weighted by Crippen LogP contribution is 2.29. The highest BCUT2D eigenvalue weighted by Gasteiger charge is 2.53. The molecule has 0 saturated carbocycles. The molecule has 104 valence electrons. The molecule has 2 aliphatic rings. The zero-order chi connectivity index (χ0) is 13.9. The van der Waals surface area contributed by atoms with Crippen LogP contribution in [0.2, 0.25) is 0 Å². The van der Waals surface area contributed by atoms with Gasteiger partial charge in [0.1, 0.15) is 32.2 Å². The Labute approximate surface area is 116 Å². The van der Waals surface area contributed by atoms with Crippen LogP contribution in [0, 0.1) is 23.7 Å². The molecule has 0 aromatic rings. The van der Waals surface area contributed by atoms with Crippen molar-refractivity contribution >= 4 is 0 Å². The van der Waals surface area contributed by atoms with E-state index in [4.69, 9.17) is 16.4 Å². The average molecular weight is 263 g/mol. The van der Waals surface area contributed by atoms with Gasteiger partial charge >= 0.3 is 0 Å². The summed E-state index contributed by atoms with van der Waals surface area (Å²) >= 11 is 0. The van der Waals surface area contributed by atoms with Crippen LogP contribution in [-0.2, 0) is 4.74 Å². The second-order valence-electron chi connectivity index (χ2n) is 6.56. The lowest BCUT2D eigenvalue weighted by Gasteiger charge is -2.50. The monoisotopic (exact) mass is 263 g/mol. The maximum absolute atomic E-state index is 8.94. The molecular weight excluding hydrogens is 238 g/mol. The van der Waals surface area contributed by atoms with Gasteiger partial charge in [-0.1, -0.05) is 0 Å². The van der Waals surface area contributed by atoms with Crippen molar-refractivity contribution in [2.75, 3.05) is 39.3 Å². The molecule has 3 atom stereocenters. The van der Waals surface area contributed by atoms with E-state index >= 15 is 0 Å². The molecule has 2 fully saturated rings. The van der Waals surface area contributed by atoms with Gasteiger partial charge in [-0.3, -0.25) is 0 Å². The Hall–Kier alpha value is -1.07. The van der Waals surface area contributed by atoms with Gasteiger partial charge in [0, 0.05) is 12.8 Å². The Morgan fingerprint density at radius 1 is 1.32 bits per heavy atom. The van der Waals surface area contributed by atoms with Gasteiger partial charge in [0.05, 0.1) is 12.2 Å². The lowest BCUT2D eigenvalue weighted by atomic mass is 9.78.